The predicted molar refractivity (Wildman–Crippen MR) is 82.9 cm³/mol. The van der Waals surface area contributed by atoms with Gasteiger partial charge >= 0.3 is 1240 Å². The molecule has 0 bridgehead atoms. The van der Waals surface area contributed by atoms with E-state index in [2.05, 4.69) is 0 Å². The van der Waals surface area contributed by atoms with Crippen LogP contribution in [0, 0.1) is 0 Å². The average molecular weight is 1190 g/mol. The number of rotatable bonds is 0. The Balaban J connectivity index is 0. The summed E-state index contributed by atoms with van der Waals surface area (Å²) in [5, 5.41) is 0. The van der Waals surface area contributed by atoms with Gasteiger partial charge in [-0.1, -0.05) is 0 Å². The molecule has 0 N–H and O–H groups in total. The van der Waals surface area contributed by atoms with Crippen molar-refractivity contribution in [3.8, 4) is 0 Å². The van der Waals surface area contributed by atoms with Gasteiger partial charge in [-0.15, -0.1) is 62.0 Å². The van der Waals surface area contributed by atoms with Crippen LogP contribution in [0.25, 0.3) is 0 Å². The van der Waals surface area contributed by atoms with Crippen molar-refractivity contribution in [3.63, 3.8) is 0 Å². The van der Waals surface area contributed by atoms with E-state index in [1.807, 2.05) is 0 Å². The molecule has 0 unspecified atom stereocenters. The summed E-state index contributed by atoms with van der Waals surface area (Å²) in [4.78, 5) is 0. The molecular formula is H47Cl5Na42. The van der Waals surface area contributed by atoms with Crippen LogP contribution in [-0.4, -0.2) is 0 Å². The summed E-state index contributed by atoms with van der Waals surface area (Å²) in [5.74, 6) is 0. The van der Waals surface area contributed by atoms with Crippen LogP contribution < -0.4 is 1240 Å². The number of halogens is 5. The van der Waals surface area contributed by atoms with Crippen LogP contribution in [0.1, 0.15) is 59.9 Å². The molecule has 0 fully saturated rings. The van der Waals surface area contributed by atoms with Gasteiger partial charge in [0.05, 0.1) is 0 Å². The number of hydrogen-bond donors (Lipinski definition) is 0. The Labute approximate surface area is 1320 Å². The van der Waals surface area contributed by atoms with Gasteiger partial charge in [-0.25, -0.2) is 0 Å². The standard InChI is InChI=1S/5ClH.42Na.42H/h5*1H;;;;;;;;;;;;;;;;;;;;;;;;;;;;;;;;;;;;;;;;;;;;;;;;;;;;;;;;;;;;;;;;;;;;;;;;;;;;;;;;;;;;/q;;;;;42*+1;42*-1. The van der Waals surface area contributed by atoms with E-state index >= 15 is 0 Å². The Morgan fingerprint density at radius 3 is 0.0638 bits per heavy atom. The molecule has 0 radical (unpaired) electrons. The van der Waals surface area contributed by atoms with Gasteiger partial charge in [0.25, 0.3) is 0 Å². The number of hydrogen-bond acceptors (Lipinski definition) is 0. The van der Waals surface area contributed by atoms with E-state index in [4.69, 9.17) is 0 Å². The molecule has 0 nitrogen and oxygen atoms in total. The van der Waals surface area contributed by atoms with E-state index in [9.17, 15) is 0 Å². The van der Waals surface area contributed by atoms with Gasteiger partial charge < -0.3 is 59.9 Å². The van der Waals surface area contributed by atoms with Gasteiger partial charge in [0.1, 0.15) is 0 Å². The molecule has 0 spiro atoms. The van der Waals surface area contributed by atoms with Crippen LogP contribution in [0.15, 0.2) is 0 Å². The first kappa shape index (κ1) is 383. The van der Waals surface area contributed by atoms with Gasteiger partial charge in [0.2, 0.25) is 0 Å². The largest absolute Gasteiger partial charge is 1.00 e. The third-order valence-electron chi connectivity index (χ3n) is 0. The zero-order valence-electron chi connectivity index (χ0n) is 86.0. The Hall–Kier alpha value is 43.5. The maximum atomic E-state index is 0. The van der Waals surface area contributed by atoms with E-state index in [0.29, 0.717) is 0 Å². The van der Waals surface area contributed by atoms with Crippen molar-refractivity contribution in [2.75, 3.05) is 0 Å². The van der Waals surface area contributed by atoms with Gasteiger partial charge in [0, 0.05) is 0 Å². The van der Waals surface area contributed by atoms with Gasteiger partial charge in [-0.2, -0.15) is 0 Å². The van der Waals surface area contributed by atoms with Crippen LogP contribution in [0.4, 0.5) is 0 Å². The minimum atomic E-state index is 0. The van der Waals surface area contributed by atoms with Crippen LogP contribution in [-0.2, 0) is 0 Å². The minimum absolute atomic E-state index is 0. The Bertz CT molecular complexity index is 112. The van der Waals surface area contributed by atoms with Crippen molar-refractivity contribution >= 4 is 62.0 Å². The molecule has 0 atom stereocenters. The first-order chi connectivity index (χ1) is 0. The Morgan fingerprint density at radius 2 is 0.0638 bits per heavy atom. The summed E-state index contributed by atoms with van der Waals surface area (Å²) in [5.41, 5.74) is 0. The minimum Gasteiger partial charge on any atom is -1.00 e. The molecule has 0 amide bonds. The molecule has 0 aliphatic carbocycles. The molecule has 0 rings (SSSR count). The summed E-state index contributed by atoms with van der Waals surface area (Å²) in [6.07, 6.45) is 0. The van der Waals surface area contributed by atoms with Crippen molar-refractivity contribution in [2.45, 2.75) is 0 Å². The van der Waals surface area contributed by atoms with Gasteiger partial charge in [0.15, 0.2) is 0 Å². The van der Waals surface area contributed by atoms with Crippen molar-refractivity contribution in [2.24, 2.45) is 0 Å². The topological polar surface area (TPSA) is 0 Å². The van der Waals surface area contributed by atoms with E-state index in [1.54, 1.807) is 0 Å². The van der Waals surface area contributed by atoms with Gasteiger partial charge in [-0.05, 0) is 0 Å². The molecule has 124 valence electrons. The van der Waals surface area contributed by atoms with Crippen molar-refractivity contribution in [1.29, 1.82) is 0 Å². The van der Waals surface area contributed by atoms with Crippen LogP contribution >= 0.6 is 62.0 Å². The summed E-state index contributed by atoms with van der Waals surface area (Å²) < 4.78 is 0. The zero-order chi connectivity index (χ0) is 0. The van der Waals surface area contributed by atoms with Crippen molar-refractivity contribution in [1.82, 2.24) is 0 Å². The summed E-state index contributed by atoms with van der Waals surface area (Å²) in [7, 11) is 0. The van der Waals surface area contributed by atoms with E-state index in [0.717, 1.165) is 0 Å². The Morgan fingerprint density at radius 1 is 0.0638 bits per heavy atom. The maximum Gasteiger partial charge on any atom is 1.00 e. The second-order valence-electron chi connectivity index (χ2n) is 0. The second kappa shape index (κ2) is 371. The molecule has 0 saturated carbocycles. The fraction of sp³-hybridized carbons (Fsp3) is 0. The zero-order valence-corrected chi connectivity index (χ0v) is 132. The predicted octanol–water partition coefficient (Wildman–Crippen LogP) is -119. The summed E-state index contributed by atoms with van der Waals surface area (Å²) in [6, 6.07) is 0. The molecule has 0 heterocycles. The summed E-state index contributed by atoms with van der Waals surface area (Å²) in [6.45, 7) is 0. The molecule has 0 saturated heterocycles. The molecule has 0 aromatic carbocycles. The van der Waals surface area contributed by atoms with Crippen LogP contribution in [0.3, 0.4) is 0 Å². The molecule has 0 aromatic heterocycles. The van der Waals surface area contributed by atoms with Crippen LogP contribution in [0.5, 0.6) is 0 Å². The third kappa shape index (κ3) is 362. The monoisotopic (exact) mass is 1190 g/mol. The molecule has 47 heteroatoms. The van der Waals surface area contributed by atoms with Crippen LogP contribution in [0.2, 0.25) is 0 Å². The maximum absolute atomic E-state index is 0. The Kier molecular flexibility index (Phi) is 3020. The SMILES string of the molecule is Cl.Cl.Cl.Cl.Cl.[H-].[H-].[H-].[H-].[H-].[H-].[H-].[H-].[H-].[H-].[H-].[H-].[H-].[H-].[H-].[H-].[H-].[H-].[H-].[H-].[H-].[H-].[H-].[H-].[H-].[H-].[H-].[H-].[H-].[H-].[H-].[H-].[H-].[H-].[H-].[H-].[H-].[H-].[H-].[H-].[H-].[H-].[Na+].[Na+].[Na+].[Na+].[Na+].[Na+].[Na+].[Na+].[Na+].[Na+].[Na+].[Na+].[Na+].[Na+].[Na+].[Na+].[Na+].[Na+].[Na+].[Na+].[Na+].[Na+].[Na+].[Na+].[Na+].[Na+].[Na+].[Na+].[Na+].[Na+].[Na+].[Na+].[Na+].[Na+].[Na+].[Na+].[Na+].[Na+].[Na+].[Na+].[Na+].[Na+]. The van der Waals surface area contributed by atoms with Crippen molar-refractivity contribution in [3.05, 3.63) is 0 Å². The van der Waals surface area contributed by atoms with E-state index in [1.165, 1.54) is 0 Å². The third-order valence-corrected chi connectivity index (χ3v) is 0. The normalized spacial score (nSPS) is 0. The second-order valence-corrected chi connectivity index (χ2v) is 0. The van der Waals surface area contributed by atoms with Crippen molar-refractivity contribution < 1.29 is 1300 Å². The summed E-state index contributed by atoms with van der Waals surface area (Å²) >= 11 is 0. The van der Waals surface area contributed by atoms with E-state index in [-0.39, 0.29) is 1360 Å². The average Bonchev–Trinajstić information content (AvgIpc) is 0. The van der Waals surface area contributed by atoms with Gasteiger partial charge in [-0.3, -0.25) is 0 Å². The first-order valence-corrected chi connectivity index (χ1v) is 0. The molecule has 0 aliphatic rings. The smallest absolute Gasteiger partial charge is 1.00 e. The van der Waals surface area contributed by atoms with E-state index < -0.39 is 0 Å². The molecule has 47 heavy (non-hydrogen) atoms. The first-order valence-electron chi connectivity index (χ1n) is 0. The fourth-order valence-electron chi connectivity index (χ4n) is 0. The quantitative estimate of drug-likeness (QED) is 0.212. The molecule has 0 aliphatic heterocycles. The molecular weight excluding hydrogens is 1140 g/mol. The fourth-order valence-corrected chi connectivity index (χ4v) is 0. The molecule has 0 aromatic rings.